The molecular formula is C20H19FN2O2. The molecule has 2 aromatic rings. The molecule has 0 spiro atoms. The number of halogens is 1. The highest BCUT2D eigenvalue weighted by Crippen LogP contribution is 2.10. The molecule has 1 heterocycles. The fraction of sp³-hybridized carbons (Fsp3) is 0.250. The lowest BCUT2D eigenvalue weighted by Gasteiger charge is -2.13. The van der Waals surface area contributed by atoms with Gasteiger partial charge in [-0.25, -0.2) is 9.38 Å². The lowest BCUT2D eigenvalue weighted by Crippen LogP contribution is -2.36. The molecular weight excluding hydrogens is 319 g/mol. The van der Waals surface area contributed by atoms with Gasteiger partial charge >= 0.3 is 0 Å². The summed E-state index contributed by atoms with van der Waals surface area (Å²) < 4.78 is 13.2. The lowest BCUT2D eigenvalue weighted by molar-refractivity contribution is -0.120. The SMILES string of the molecule is Cc1cc2c(cc1C)=NC(=O)C(CCNC(=O)c1cccc(F)c1)C=2. The van der Waals surface area contributed by atoms with Gasteiger partial charge in [0, 0.05) is 12.1 Å². The van der Waals surface area contributed by atoms with E-state index in [2.05, 4.69) is 10.3 Å². The Labute approximate surface area is 145 Å². The van der Waals surface area contributed by atoms with Crippen LogP contribution in [0, 0.1) is 25.6 Å². The van der Waals surface area contributed by atoms with E-state index in [1.165, 1.54) is 18.2 Å². The number of carbonyl (C=O) groups excluding carboxylic acids is 2. The minimum Gasteiger partial charge on any atom is -0.352 e. The van der Waals surface area contributed by atoms with Crippen molar-refractivity contribution in [3.05, 3.63) is 69.5 Å². The molecule has 1 atom stereocenters. The van der Waals surface area contributed by atoms with Gasteiger partial charge in [0.1, 0.15) is 5.82 Å². The van der Waals surface area contributed by atoms with E-state index in [4.69, 9.17) is 0 Å². The Morgan fingerprint density at radius 1 is 1.20 bits per heavy atom. The third-order valence-corrected chi connectivity index (χ3v) is 4.40. The molecule has 4 nitrogen and oxygen atoms in total. The summed E-state index contributed by atoms with van der Waals surface area (Å²) >= 11 is 0. The summed E-state index contributed by atoms with van der Waals surface area (Å²) in [6.07, 6.45) is 2.36. The second-order valence-electron chi connectivity index (χ2n) is 6.27. The molecule has 2 aromatic carbocycles. The fourth-order valence-corrected chi connectivity index (χ4v) is 2.82. The Kier molecular flexibility index (Phi) is 4.74. The highest BCUT2D eigenvalue weighted by molar-refractivity contribution is 5.94. The topological polar surface area (TPSA) is 58.5 Å². The molecule has 1 aliphatic heterocycles. The van der Waals surface area contributed by atoms with Gasteiger partial charge in [-0.05, 0) is 66.9 Å². The molecule has 0 aliphatic carbocycles. The first-order chi connectivity index (χ1) is 11.9. The highest BCUT2D eigenvalue weighted by atomic mass is 19.1. The molecule has 0 bridgehead atoms. The number of hydrogen-bond acceptors (Lipinski definition) is 2. The van der Waals surface area contributed by atoms with Crippen molar-refractivity contribution in [3.63, 3.8) is 0 Å². The average Bonchev–Trinajstić information content (AvgIpc) is 2.57. The molecule has 0 fully saturated rings. The van der Waals surface area contributed by atoms with Gasteiger partial charge in [0.2, 0.25) is 0 Å². The number of nitrogens with one attached hydrogen (secondary N) is 1. The predicted octanol–water partition coefficient (Wildman–Crippen LogP) is 1.82. The largest absolute Gasteiger partial charge is 0.352 e. The summed E-state index contributed by atoms with van der Waals surface area (Å²) in [5.74, 6) is -1.37. The number of fused-ring (bicyclic) bond motifs is 1. The smallest absolute Gasteiger partial charge is 0.253 e. The number of hydrogen-bond donors (Lipinski definition) is 1. The summed E-state index contributed by atoms with van der Waals surface area (Å²) in [6.45, 7) is 4.33. The van der Waals surface area contributed by atoms with Gasteiger partial charge in [-0.1, -0.05) is 12.1 Å². The molecule has 2 amide bonds. The Hall–Kier alpha value is -2.82. The van der Waals surface area contributed by atoms with Crippen molar-refractivity contribution in [1.29, 1.82) is 0 Å². The first-order valence-electron chi connectivity index (χ1n) is 8.19. The number of carbonyl (C=O) groups is 2. The van der Waals surface area contributed by atoms with Gasteiger partial charge in [0.25, 0.3) is 11.8 Å². The van der Waals surface area contributed by atoms with Gasteiger partial charge in [-0.2, -0.15) is 0 Å². The van der Waals surface area contributed by atoms with E-state index >= 15 is 0 Å². The normalized spacial score (nSPS) is 15.8. The third kappa shape index (κ3) is 3.82. The van der Waals surface area contributed by atoms with Crippen LogP contribution in [0.1, 0.15) is 27.9 Å². The van der Waals surface area contributed by atoms with E-state index in [1.807, 2.05) is 32.1 Å². The monoisotopic (exact) mass is 338 g/mol. The first-order valence-corrected chi connectivity index (χ1v) is 8.19. The maximum Gasteiger partial charge on any atom is 0.253 e. The van der Waals surface area contributed by atoms with Crippen molar-refractivity contribution >= 4 is 17.9 Å². The standard InChI is InChI=1S/C20H19FN2O2/c1-12-8-16-10-15(20(25)23-18(16)9-13(12)2)6-7-22-19(24)14-4-3-5-17(21)11-14/h3-5,8-11,15H,6-7H2,1-2H3,(H,22,24). The zero-order chi connectivity index (χ0) is 18.0. The van der Waals surface area contributed by atoms with Crippen LogP contribution in [0.25, 0.3) is 6.08 Å². The van der Waals surface area contributed by atoms with Gasteiger partial charge in [-0.3, -0.25) is 9.59 Å². The van der Waals surface area contributed by atoms with Crippen LogP contribution in [0.15, 0.2) is 41.4 Å². The molecule has 0 saturated carbocycles. The molecule has 1 N–H and O–H groups in total. The van der Waals surface area contributed by atoms with Crippen LogP contribution in [-0.4, -0.2) is 18.4 Å². The number of amides is 2. The Morgan fingerprint density at radius 2 is 1.96 bits per heavy atom. The van der Waals surface area contributed by atoms with E-state index in [0.29, 0.717) is 18.3 Å². The fourth-order valence-electron chi connectivity index (χ4n) is 2.82. The van der Waals surface area contributed by atoms with Gasteiger partial charge in [-0.15, -0.1) is 0 Å². The zero-order valence-electron chi connectivity index (χ0n) is 14.2. The Bertz CT molecular complexity index is 966. The van der Waals surface area contributed by atoms with Crippen molar-refractivity contribution in [2.75, 3.05) is 6.54 Å². The van der Waals surface area contributed by atoms with Crippen LogP contribution < -0.4 is 15.9 Å². The quantitative estimate of drug-likeness (QED) is 0.924. The second-order valence-corrected chi connectivity index (χ2v) is 6.27. The molecule has 1 unspecified atom stereocenters. The minimum absolute atomic E-state index is 0.198. The van der Waals surface area contributed by atoms with Gasteiger partial charge < -0.3 is 5.32 Å². The van der Waals surface area contributed by atoms with Crippen LogP contribution in [0.2, 0.25) is 0 Å². The molecule has 128 valence electrons. The number of aryl methyl sites for hydroxylation is 2. The maximum absolute atomic E-state index is 13.2. The Balaban J connectivity index is 1.67. The van der Waals surface area contributed by atoms with Crippen molar-refractivity contribution in [2.24, 2.45) is 10.9 Å². The minimum atomic E-state index is -0.454. The molecule has 5 heteroatoms. The summed E-state index contributed by atoms with van der Waals surface area (Å²) in [6, 6.07) is 9.45. The first kappa shape index (κ1) is 17.0. The molecule has 0 aromatic heterocycles. The van der Waals surface area contributed by atoms with E-state index < -0.39 is 5.82 Å². The molecule has 0 saturated heterocycles. The number of nitrogens with zero attached hydrogens (tertiary/aromatic N) is 1. The van der Waals surface area contributed by atoms with Gasteiger partial charge in [0.05, 0.1) is 11.3 Å². The van der Waals surface area contributed by atoms with E-state index in [1.54, 1.807) is 6.07 Å². The van der Waals surface area contributed by atoms with Crippen molar-refractivity contribution in [3.8, 4) is 0 Å². The van der Waals surface area contributed by atoms with Crippen molar-refractivity contribution in [2.45, 2.75) is 20.3 Å². The number of benzene rings is 2. The van der Waals surface area contributed by atoms with Crippen molar-refractivity contribution in [1.82, 2.24) is 5.32 Å². The third-order valence-electron chi connectivity index (χ3n) is 4.40. The van der Waals surface area contributed by atoms with Crippen LogP contribution in [-0.2, 0) is 4.79 Å². The number of rotatable bonds is 4. The molecule has 25 heavy (non-hydrogen) atoms. The van der Waals surface area contributed by atoms with Crippen molar-refractivity contribution < 1.29 is 14.0 Å². The van der Waals surface area contributed by atoms with Crippen LogP contribution >= 0.6 is 0 Å². The molecule has 1 aliphatic rings. The van der Waals surface area contributed by atoms with Crippen LogP contribution in [0.5, 0.6) is 0 Å². The molecule has 3 rings (SSSR count). The summed E-state index contributed by atoms with van der Waals surface area (Å²) in [5.41, 5.74) is 2.52. The summed E-state index contributed by atoms with van der Waals surface area (Å²) in [4.78, 5) is 28.4. The van der Waals surface area contributed by atoms with E-state index in [-0.39, 0.29) is 23.3 Å². The van der Waals surface area contributed by atoms with Crippen LogP contribution in [0.4, 0.5) is 4.39 Å². The Morgan fingerprint density at radius 3 is 2.72 bits per heavy atom. The summed E-state index contributed by atoms with van der Waals surface area (Å²) in [5, 5.41) is 4.37. The predicted molar refractivity (Wildman–Crippen MR) is 93.0 cm³/mol. The van der Waals surface area contributed by atoms with E-state index in [9.17, 15) is 14.0 Å². The van der Waals surface area contributed by atoms with Crippen LogP contribution in [0.3, 0.4) is 0 Å². The highest BCUT2D eigenvalue weighted by Gasteiger charge is 2.19. The summed E-state index contributed by atoms with van der Waals surface area (Å²) in [7, 11) is 0. The second kappa shape index (κ2) is 6.97. The van der Waals surface area contributed by atoms with Gasteiger partial charge in [0.15, 0.2) is 0 Å². The molecule has 0 radical (unpaired) electrons. The zero-order valence-corrected chi connectivity index (χ0v) is 14.2. The average molecular weight is 338 g/mol. The lowest BCUT2D eigenvalue weighted by atomic mass is 9.98. The van der Waals surface area contributed by atoms with E-state index in [0.717, 1.165) is 16.3 Å². The maximum atomic E-state index is 13.2.